The number of amides is 1. The van der Waals surface area contributed by atoms with Crippen molar-refractivity contribution in [3.8, 4) is 0 Å². The Labute approximate surface area is 121 Å². The lowest BCUT2D eigenvalue weighted by Crippen LogP contribution is -2.45. The van der Waals surface area contributed by atoms with E-state index in [-0.39, 0.29) is 23.3 Å². The van der Waals surface area contributed by atoms with Gasteiger partial charge in [0.1, 0.15) is 6.17 Å². The van der Waals surface area contributed by atoms with Crippen LogP contribution in [0.15, 0.2) is 54.2 Å². The highest BCUT2D eigenvalue weighted by Crippen LogP contribution is 2.27. The average Bonchev–Trinajstić information content (AvgIpc) is 2.75. The van der Waals surface area contributed by atoms with Gasteiger partial charge in [-0.05, 0) is 18.1 Å². The molecule has 0 spiro atoms. The van der Waals surface area contributed by atoms with Crippen LogP contribution in [0.1, 0.15) is 16.8 Å². The minimum Gasteiger partial charge on any atom is -0.361 e. The Bertz CT molecular complexity index is 704. The van der Waals surface area contributed by atoms with Gasteiger partial charge in [-0.15, -0.1) is 0 Å². The van der Waals surface area contributed by atoms with Crippen molar-refractivity contribution in [3.63, 3.8) is 0 Å². The van der Waals surface area contributed by atoms with Crippen LogP contribution in [0.4, 0.5) is 11.4 Å². The summed E-state index contributed by atoms with van der Waals surface area (Å²) in [6.45, 7) is 0. The zero-order chi connectivity index (χ0) is 14.8. The average molecular weight is 283 g/mol. The number of carbonyl (C=O) groups excluding carboxylic acids is 1. The number of nitro benzene ring substituents is 1. The molecular weight excluding hydrogens is 270 g/mol. The minimum absolute atomic E-state index is 0.0954. The molecule has 1 atom stereocenters. The van der Waals surface area contributed by atoms with E-state index in [9.17, 15) is 14.9 Å². The summed E-state index contributed by atoms with van der Waals surface area (Å²) in [5, 5.41) is 16.8. The Kier molecular flexibility index (Phi) is 3.27. The summed E-state index contributed by atoms with van der Waals surface area (Å²) in [5.41, 5.74) is 1.75. The van der Waals surface area contributed by atoms with Gasteiger partial charge in [0, 0.05) is 17.8 Å². The largest absolute Gasteiger partial charge is 0.361 e. The van der Waals surface area contributed by atoms with E-state index in [1.54, 1.807) is 6.07 Å². The molecule has 1 amide bonds. The van der Waals surface area contributed by atoms with Gasteiger partial charge in [0.15, 0.2) is 0 Å². The van der Waals surface area contributed by atoms with Gasteiger partial charge in [0.2, 0.25) is 0 Å². The van der Waals surface area contributed by atoms with Crippen LogP contribution < -0.4 is 10.6 Å². The van der Waals surface area contributed by atoms with Crippen LogP contribution in [0, 0.1) is 10.1 Å². The molecule has 6 heteroatoms. The molecule has 1 aliphatic heterocycles. The maximum absolute atomic E-state index is 12.2. The first-order chi connectivity index (χ1) is 10.1. The molecule has 1 heterocycles. The van der Waals surface area contributed by atoms with Crippen molar-refractivity contribution in [2.24, 2.45) is 0 Å². The molecule has 0 saturated carbocycles. The lowest BCUT2D eigenvalue weighted by atomic mass is 10.0. The first-order valence-corrected chi connectivity index (χ1v) is 6.54. The standard InChI is InChI=1S/C15H13N3O3/c19-15-12-9-11(18(20)21)7-8-13(12)16-14(17-15)10-5-3-1-2-4-6-10/h1-3,5-9,14,16H,4H2,(H,17,19). The molecule has 3 rings (SSSR count). The van der Waals surface area contributed by atoms with Crippen molar-refractivity contribution in [2.45, 2.75) is 12.6 Å². The predicted octanol–water partition coefficient (Wildman–Crippen LogP) is 2.52. The van der Waals surface area contributed by atoms with Gasteiger partial charge < -0.3 is 10.6 Å². The number of fused-ring (bicyclic) bond motifs is 1. The zero-order valence-corrected chi connectivity index (χ0v) is 11.1. The third-order valence-corrected chi connectivity index (χ3v) is 3.39. The third-order valence-electron chi connectivity index (χ3n) is 3.39. The molecule has 21 heavy (non-hydrogen) atoms. The number of nitrogens with one attached hydrogen (secondary N) is 2. The molecule has 2 N–H and O–H groups in total. The van der Waals surface area contributed by atoms with Crippen molar-refractivity contribution in [1.29, 1.82) is 0 Å². The highest BCUT2D eigenvalue weighted by Gasteiger charge is 2.26. The molecule has 0 aromatic heterocycles. The van der Waals surface area contributed by atoms with Gasteiger partial charge in [-0.25, -0.2) is 0 Å². The molecule has 2 aliphatic rings. The maximum atomic E-state index is 12.2. The fourth-order valence-electron chi connectivity index (χ4n) is 2.34. The van der Waals surface area contributed by atoms with E-state index < -0.39 is 4.92 Å². The van der Waals surface area contributed by atoms with Crippen LogP contribution >= 0.6 is 0 Å². The highest BCUT2D eigenvalue weighted by molar-refractivity contribution is 6.02. The quantitative estimate of drug-likeness (QED) is 0.645. The van der Waals surface area contributed by atoms with Gasteiger partial charge in [-0.2, -0.15) is 0 Å². The van der Waals surface area contributed by atoms with Gasteiger partial charge in [0.05, 0.1) is 10.5 Å². The number of hydrogen-bond acceptors (Lipinski definition) is 4. The lowest BCUT2D eigenvalue weighted by molar-refractivity contribution is -0.384. The number of hydrogen-bond donors (Lipinski definition) is 2. The Balaban J connectivity index is 1.91. The van der Waals surface area contributed by atoms with Crippen molar-refractivity contribution >= 4 is 17.3 Å². The summed E-state index contributed by atoms with van der Waals surface area (Å²) in [4.78, 5) is 22.4. The van der Waals surface area contributed by atoms with Gasteiger partial charge in [0.25, 0.3) is 11.6 Å². The second-order valence-electron chi connectivity index (χ2n) is 4.76. The lowest BCUT2D eigenvalue weighted by Gasteiger charge is -2.28. The van der Waals surface area contributed by atoms with E-state index in [0.717, 1.165) is 12.0 Å². The molecule has 1 aliphatic carbocycles. The molecule has 0 bridgehead atoms. The molecule has 0 saturated heterocycles. The molecule has 106 valence electrons. The van der Waals surface area contributed by atoms with Gasteiger partial charge in [-0.1, -0.05) is 30.4 Å². The summed E-state index contributed by atoms with van der Waals surface area (Å²) < 4.78 is 0. The SMILES string of the molecule is O=C1NC(C2=CCC=CC=C2)Nc2ccc([N+](=O)[O-])cc21. The number of benzene rings is 1. The van der Waals surface area contributed by atoms with Crippen LogP contribution in [0.25, 0.3) is 0 Å². The number of anilines is 1. The second kappa shape index (κ2) is 5.24. The van der Waals surface area contributed by atoms with Gasteiger partial charge in [-0.3, -0.25) is 14.9 Å². The molecule has 1 unspecified atom stereocenters. The number of non-ortho nitro benzene ring substituents is 1. The van der Waals surface area contributed by atoms with Crippen molar-refractivity contribution < 1.29 is 9.72 Å². The maximum Gasteiger partial charge on any atom is 0.270 e. The number of nitrogens with zero attached hydrogens (tertiary/aromatic N) is 1. The predicted molar refractivity (Wildman–Crippen MR) is 79.0 cm³/mol. The van der Waals surface area contributed by atoms with Crippen molar-refractivity contribution in [2.75, 3.05) is 5.32 Å². The molecular formula is C15H13N3O3. The van der Waals surface area contributed by atoms with E-state index in [0.29, 0.717) is 5.69 Å². The Morgan fingerprint density at radius 2 is 2.10 bits per heavy atom. The van der Waals surface area contributed by atoms with Crippen LogP contribution in [-0.4, -0.2) is 17.0 Å². The second-order valence-corrected chi connectivity index (χ2v) is 4.76. The summed E-state index contributed by atoms with van der Waals surface area (Å²) in [5.74, 6) is -0.316. The Hall–Kier alpha value is -2.89. The van der Waals surface area contributed by atoms with E-state index in [1.165, 1.54) is 12.1 Å². The fourth-order valence-corrected chi connectivity index (χ4v) is 2.34. The van der Waals surface area contributed by atoms with Crippen molar-refractivity contribution in [3.05, 3.63) is 69.8 Å². The van der Waals surface area contributed by atoms with E-state index >= 15 is 0 Å². The molecule has 1 aromatic carbocycles. The fraction of sp³-hybridized carbons (Fsp3) is 0.133. The normalized spacial score (nSPS) is 19.9. The molecule has 1 aromatic rings. The Morgan fingerprint density at radius 1 is 1.24 bits per heavy atom. The topological polar surface area (TPSA) is 84.3 Å². The molecule has 0 fully saturated rings. The first kappa shape index (κ1) is 13.1. The highest BCUT2D eigenvalue weighted by atomic mass is 16.6. The Morgan fingerprint density at radius 3 is 2.90 bits per heavy atom. The van der Waals surface area contributed by atoms with E-state index in [2.05, 4.69) is 10.6 Å². The monoisotopic (exact) mass is 283 g/mol. The number of nitro groups is 1. The van der Waals surface area contributed by atoms with E-state index in [1.807, 2.05) is 30.4 Å². The minimum atomic E-state index is -0.512. The molecule has 6 nitrogen and oxygen atoms in total. The van der Waals surface area contributed by atoms with Crippen LogP contribution in [0.5, 0.6) is 0 Å². The first-order valence-electron chi connectivity index (χ1n) is 6.54. The number of rotatable bonds is 2. The summed E-state index contributed by atoms with van der Waals surface area (Å²) in [6.07, 6.45) is 10.3. The van der Waals surface area contributed by atoms with Crippen LogP contribution in [0.3, 0.4) is 0 Å². The number of carbonyl (C=O) groups is 1. The third kappa shape index (κ3) is 2.55. The summed E-state index contributed by atoms with van der Waals surface area (Å²) in [7, 11) is 0. The zero-order valence-electron chi connectivity index (χ0n) is 11.1. The summed E-state index contributed by atoms with van der Waals surface area (Å²) in [6, 6.07) is 4.24. The summed E-state index contributed by atoms with van der Waals surface area (Å²) >= 11 is 0. The smallest absolute Gasteiger partial charge is 0.270 e. The van der Waals surface area contributed by atoms with Crippen LogP contribution in [0.2, 0.25) is 0 Å². The molecule has 0 radical (unpaired) electrons. The van der Waals surface area contributed by atoms with E-state index in [4.69, 9.17) is 0 Å². The number of allylic oxidation sites excluding steroid dienone is 4. The van der Waals surface area contributed by atoms with Crippen molar-refractivity contribution in [1.82, 2.24) is 5.32 Å². The van der Waals surface area contributed by atoms with Gasteiger partial charge >= 0.3 is 0 Å². The van der Waals surface area contributed by atoms with Crippen LogP contribution in [-0.2, 0) is 0 Å².